The molecular weight excluding hydrogens is 901 g/mol. The Morgan fingerprint density at radius 2 is 0.534 bits per heavy atom. The summed E-state index contributed by atoms with van der Waals surface area (Å²) in [5, 5.41) is 0. The van der Waals surface area contributed by atoms with Crippen molar-refractivity contribution in [3.8, 4) is 0 Å². The first kappa shape index (κ1) is 69.1. The first-order chi connectivity index (χ1) is 36.0. The smallest absolute Gasteiger partial charge is 0.306 e. The topological polar surface area (TPSA) is 78.9 Å². The summed E-state index contributed by atoms with van der Waals surface area (Å²) in [7, 11) is 0. The van der Waals surface area contributed by atoms with Crippen molar-refractivity contribution in [2.24, 2.45) is 0 Å². The van der Waals surface area contributed by atoms with Gasteiger partial charge in [0.2, 0.25) is 0 Å². The van der Waals surface area contributed by atoms with Gasteiger partial charge in [0.1, 0.15) is 13.2 Å². The zero-order valence-corrected chi connectivity index (χ0v) is 47.6. The van der Waals surface area contributed by atoms with E-state index >= 15 is 0 Å². The Morgan fingerprint density at radius 1 is 0.288 bits per heavy atom. The highest BCUT2D eigenvalue weighted by atomic mass is 16.6. The molecule has 0 aliphatic rings. The first-order valence-corrected chi connectivity index (χ1v) is 30.4. The van der Waals surface area contributed by atoms with Gasteiger partial charge >= 0.3 is 17.9 Å². The van der Waals surface area contributed by atoms with Gasteiger partial charge in [0.25, 0.3) is 0 Å². The molecule has 0 aromatic carbocycles. The normalized spacial score (nSPS) is 12.9. The van der Waals surface area contributed by atoms with Gasteiger partial charge in [-0.2, -0.15) is 0 Å². The Morgan fingerprint density at radius 3 is 0.863 bits per heavy atom. The minimum atomic E-state index is -0.800. The zero-order chi connectivity index (χ0) is 52.9. The predicted molar refractivity (Wildman–Crippen MR) is 316 cm³/mol. The van der Waals surface area contributed by atoms with E-state index in [0.717, 1.165) is 122 Å². The van der Waals surface area contributed by atoms with Crippen molar-refractivity contribution in [3.05, 3.63) is 109 Å². The van der Waals surface area contributed by atoms with Crippen LogP contribution < -0.4 is 0 Å². The molecule has 0 aliphatic carbocycles. The molecule has 0 heterocycles. The summed E-state index contributed by atoms with van der Waals surface area (Å²) in [4.78, 5) is 38.3. The highest BCUT2D eigenvalue weighted by Crippen LogP contribution is 2.15. The average Bonchev–Trinajstić information content (AvgIpc) is 3.39. The minimum absolute atomic E-state index is 0.0939. The maximum atomic E-state index is 12.9. The summed E-state index contributed by atoms with van der Waals surface area (Å²) < 4.78 is 16.9. The number of rotatable bonds is 54. The third-order valence-electron chi connectivity index (χ3n) is 12.7. The van der Waals surface area contributed by atoms with Gasteiger partial charge in [-0.3, -0.25) is 14.4 Å². The largest absolute Gasteiger partial charge is 0.462 e. The predicted octanol–water partition coefficient (Wildman–Crippen LogP) is 20.7. The summed E-state index contributed by atoms with van der Waals surface area (Å²) in [5.74, 6) is -0.932. The number of hydrogen-bond donors (Lipinski definition) is 0. The van der Waals surface area contributed by atoms with Crippen LogP contribution in [0.2, 0.25) is 0 Å². The molecule has 0 aromatic heterocycles. The molecule has 1 atom stereocenters. The molecule has 0 N–H and O–H groups in total. The Kier molecular flexibility index (Phi) is 57.4. The van der Waals surface area contributed by atoms with Crippen molar-refractivity contribution in [1.82, 2.24) is 0 Å². The Hall–Kier alpha value is -3.93. The number of hydrogen-bond acceptors (Lipinski definition) is 6. The van der Waals surface area contributed by atoms with Gasteiger partial charge < -0.3 is 14.2 Å². The second-order valence-corrected chi connectivity index (χ2v) is 19.8. The standard InChI is InChI=1S/C67H112O6/c1-4-7-10-13-16-19-22-25-28-31-33-36-39-42-45-48-51-54-57-60-66(69)72-63-64(62-71-65(68)59-56-53-50-47-44-41-38-35-30-27-24-21-18-15-12-9-6-3)73-67(70)61-58-55-52-49-46-43-40-37-34-32-29-26-23-20-17-14-11-8-5-2/h7-8,10-11,16-17,19-20,25-30,33,36,42,45,64H,4-6,9,12-15,18,21-24,31-32,34-35,37-41,43-44,46-63H2,1-3H3/b10-7-,11-8-,19-16-,20-17-,28-25-,29-26-,30-27-,36-33-,45-42-. The molecule has 416 valence electrons. The third-order valence-corrected chi connectivity index (χ3v) is 12.7. The highest BCUT2D eigenvalue weighted by Gasteiger charge is 2.19. The van der Waals surface area contributed by atoms with Crippen LogP contribution in [-0.4, -0.2) is 37.2 Å². The van der Waals surface area contributed by atoms with Crippen LogP contribution in [0.5, 0.6) is 0 Å². The molecule has 1 unspecified atom stereocenters. The van der Waals surface area contributed by atoms with Crippen LogP contribution in [-0.2, 0) is 28.6 Å². The number of carbonyl (C=O) groups excluding carboxylic acids is 3. The highest BCUT2D eigenvalue weighted by molar-refractivity contribution is 5.71. The van der Waals surface area contributed by atoms with E-state index < -0.39 is 6.10 Å². The third kappa shape index (κ3) is 58.8. The van der Waals surface area contributed by atoms with Crippen LogP contribution in [0.25, 0.3) is 0 Å². The Labute approximate surface area is 450 Å². The fourth-order valence-electron chi connectivity index (χ4n) is 8.24. The van der Waals surface area contributed by atoms with Crippen molar-refractivity contribution in [2.75, 3.05) is 13.2 Å². The summed E-state index contributed by atoms with van der Waals surface area (Å²) in [6.45, 7) is 6.39. The van der Waals surface area contributed by atoms with E-state index in [-0.39, 0.29) is 31.1 Å². The molecule has 0 saturated heterocycles. The molecule has 0 aliphatic heterocycles. The number of esters is 3. The van der Waals surface area contributed by atoms with E-state index in [9.17, 15) is 14.4 Å². The van der Waals surface area contributed by atoms with Gasteiger partial charge in [-0.25, -0.2) is 0 Å². The lowest BCUT2D eigenvalue weighted by molar-refractivity contribution is -0.167. The fraction of sp³-hybridized carbons (Fsp3) is 0.687. The molecule has 0 fully saturated rings. The van der Waals surface area contributed by atoms with E-state index in [1.807, 2.05) is 0 Å². The van der Waals surface area contributed by atoms with Crippen molar-refractivity contribution < 1.29 is 28.6 Å². The minimum Gasteiger partial charge on any atom is -0.462 e. The Balaban J connectivity index is 4.47. The molecule has 0 saturated carbocycles. The molecule has 0 spiro atoms. The van der Waals surface area contributed by atoms with Crippen LogP contribution in [0, 0.1) is 0 Å². The first-order valence-electron chi connectivity index (χ1n) is 30.4. The fourth-order valence-corrected chi connectivity index (χ4v) is 8.24. The lowest BCUT2D eigenvalue weighted by Crippen LogP contribution is -2.30. The number of ether oxygens (including phenoxy) is 3. The van der Waals surface area contributed by atoms with Gasteiger partial charge in [-0.1, -0.05) is 246 Å². The zero-order valence-electron chi connectivity index (χ0n) is 47.6. The van der Waals surface area contributed by atoms with Gasteiger partial charge in [0, 0.05) is 19.3 Å². The molecular formula is C67H112O6. The second-order valence-electron chi connectivity index (χ2n) is 19.8. The molecule has 0 aromatic rings. The quantitative estimate of drug-likeness (QED) is 0.0261. The monoisotopic (exact) mass is 1010 g/mol. The molecule has 0 amide bonds. The maximum absolute atomic E-state index is 12.9. The number of allylic oxidation sites excluding steroid dienone is 18. The molecule has 73 heavy (non-hydrogen) atoms. The van der Waals surface area contributed by atoms with Gasteiger partial charge in [0.15, 0.2) is 6.10 Å². The molecule has 6 heteroatoms. The second kappa shape index (κ2) is 60.6. The van der Waals surface area contributed by atoms with Crippen molar-refractivity contribution in [3.63, 3.8) is 0 Å². The van der Waals surface area contributed by atoms with E-state index in [2.05, 4.69) is 130 Å². The molecule has 0 rings (SSSR count). The van der Waals surface area contributed by atoms with Crippen molar-refractivity contribution in [2.45, 2.75) is 284 Å². The van der Waals surface area contributed by atoms with Gasteiger partial charge in [-0.05, 0) is 122 Å². The SMILES string of the molecule is CC/C=C\C/C=C\C/C=C\C/C=C\C/C=C\CCCCCC(=O)OCC(COC(=O)CCCCCCCCC/C=C\CCCCCCCC)OC(=O)CCCCCCCCCCC/C=C\C/C=C\C/C=C\CC. The van der Waals surface area contributed by atoms with Crippen molar-refractivity contribution >= 4 is 17.9 Å². The number of unbranched alkanes of at least 4 members (excludes halogenated alkanes) is 25. The van der Waals surface area contributed by atoms with Crippen LogP contribution in [0.3, 0.4) is 0 Å². The van der Waals surface area contributed by atoms with Crippen LogP contribution >= 0.6 is 0 Å². The van der Waals surface area contributed by atoms with E-state index in [4.69, 9.17) is 14.2 Å². The maximum Gasteiger partial charge on any atom is 0.306 e. The van der Waals surface area contributed by atoms with Gasteiger partial charge in [-0.15, -0.1) is 0 Å². The van der Waals surface area contributed by atoms with Crippen LogP contribution in [0.15, 0.2) is 109 Å². The lowest BCUT2D eigenvalue weighted by Gasteiger charge is -2.18. The van der Waals surface area contributed by atoms with Crippen molar-refractivity contribution in [1.29, 1.82) is 0 Å². The molecule has 0 bridgehead atoms. The lowest BCUT2D eigenvalue weighted by atomic mass is 10.1. The van der Waals surface area contributed by atoms with E-state index in [1.165, 1.54) is 116 Å². The van der Waals surface area contributed by atoms with Crippen LogP contribution in [0.4, 0.5) is 0 Å². The summed E-state index contributed by atoms with van der Waals surface area (Å²) >= 11 is 0. The summed E-state index contributed by atoms with van der Waals surface area (Å²) in [6.07, 6.45) is 82.2. The molecule has 6 nitrogen and oxygen atoms in total. The average molecular weight is 1010 g/mol. The summed E-state index contributed by atoms with van der Waals surface area (Å²) in [5.41, 5.74) is 0. The molecule has 0 radical (unpaired) electrons. The summed E-state index contributed by atoms with van der Waals surface area (Å²) in [6, 6.07) is 0. The number of carbonyl (C=O) groups is 3. The van der Waals surface area contributed by atoms with E-state index in [1.54, 1.807) is 0 Å². The van der Waals surface area contributed by atoms with E-state index in [0.29, 0.717) is 19.3 Å². The van der Waals surface area contributed by atoms with Crippen LogP contribution in [0.1, 0.15) is 278 Å². The van der Waals surface area contributed by atoms with Gasteiger partial charge in [0.05, 0.1) is 0 Å². The Bertz CT molecular complexity index is 1490.